The molecule has 73 heavy (non-hydrogen) atoms. The molecule has 0 aliphatic carbocycles. The second-order valence-corrected chi connectivity index (χ2v) is 19.4. The number of halogens is 6. The number of hydrogen-bond donors (Lipinski definition) is 2. The average Bonchev–Trinajstić information content (AvgIpc) is 3.36. The maximum Gasteiger partial charge on any atom is 2.00 e. The van der Waals surface area contributed by atoms with Crippen LogP contribution in [0, 0.1) is 23.3 Å². The van der Waals surface area contributed by atoms with Crippen molar-refractivity contribution in [1.29, 1.82) is 0 Å². The van der Waals surface area contributed by atoms with Crippen molar-refractivity contribution < 1.29 is 91.7 Å². The second kappa shape index (κ2) is 27.3. The van der Waals surface area contributed by atoms with Crippen LogP contribution < -0.4 is 21.3 Å². The molecule has 0 bridgehead atoms. The summed E-state index contributed by atoms with van der Waals surface area (Å²) < 4.78 is 143. The van der Waals surface area contributed by atoms with E-state index < -0.39 is 127 Å². The summed E-state index contributed by atoms with van der Waals surface area (Å²) in [5.41, 5.74) is 0. The number of nitrogens with two attached hydrogens (primary N) is 2. The summed E-state index contributed by atoms with van der Waals surface area (Å²) in [6.45, 7) is -1.99. The topological polar surface area (TPSA) is 275 Å². The summed E-state index contributed by atoms with van der Waals surface area (Å²) >= 11 is 11.5. The third kappa shape index (κ3) is 15.4. The molecule has 2 amide bonds. The van der Waals surface area contributed by atoms with Crippen LogP contribution in [-0.4, -0.2) is 174 Å². The van der Waals surface area contributed by atoms with Gasteiger partial charge >= 0.3 is 47.2 Å². The van der Waals surface area contributed by atoms with Gasteiger partial charge in [0.2, 0.25) is 20.0 Å². The molecule has 4 aromatic carbocycles. The normalized spacial score (nSPS) is 16.2. The van der Waals surface area contributed by atoms with Gasteiger partial charge in [-0.2, -0.15) is 20.4 Å². The Hall–Kier alpha value is -5.31. The SMILES string of the molecule is COCCOC(=O)N1CCN(S(=O)(=O)c2cc(F)c(Oc3ccc(Cl)cc3)c(F)c2)[C@@H](C(=O)ON)C1.COCCOC(=O)N1CCN(S(=O)(=O)c2cc(F)c(Oc3ccc(Cl)cc3)c(F)c2)[C@@H](C(=O)ON)C1.[Mg+2]. The van der Waals surface area contributed by atoms with Crippen molar-refractivity contribution in [2.45, 2.75) is 21.9 Å². The minimum atomic E-state index is -4.65. The largest absolute Gasteiger partial charge is 2.00 e. The van der Waals surface area contributed by atoms with E-state index in [0.29, 0.717) is 42.9 Å². The van der Waals surface area contributed by atoms with Crippen molar-refractivity contribution in [2.75, 3.05) is 79.9 Å². The number of methoxy groups -OCH3 is 2. The molecule has 0 radical (unpaired) electrons. The van der Waals surface area contributed by atoms with Crippen LogP contribution in [0.2, 0.25) is 10.0 Å². The van der Waals surface area contributed by atoms with Crippen LogP contribution in [0.1, 0.15) is 0 Å². The van der Waals surface area contributed by atoms with Gasteiger partial charge in [-0.3, -0.25) is 0 Å². The van der Waals surface area contributed by atoms with Gasteiger partial charge in [-0.15, -0.1) is 0 Å². The predicted octanol–water partition coefficient (Wildman–Crippen LogP) is 4.19. The van der Waals surface area contributed by atoms with E-state index in [1.54, 1.807) is 0 Å². The van der Waals surface area contributed by atoms with Gasteiger partial charge in [0.05, 0.1) is 36.1 Å². The molecule has 2 atom stereocenters. The number of sulfonamides is 2. The van der Waals surface area contributed by atoms with Crippen LogP contribution in [0.5, 0.6) is 23.0 Å². The summed E-state index contributed by atoms with van der Waals surface area (Å²) in [4.78, 5) is 58.0. The van der Waals surface area contributed by atoms with E-state index >= 15 is 0 Å². The van der Waals surface area contributed by atoms with Gasteiger partial charge in [-0.1, -0.05) is 23.2 Å². The fourth-order valence-corrected chi connectivity index (χ4v) is 10.1. The molecule has 0 spiro atoms. The zero-order valence-electron chi connectivity index (χ0n) is 38.4. The standard InChI is InChI=1S/2C21H22ClF2N3O8S.Mg/c2*1-32-8-9-33-21(29)26-6-7-27(18(12-26)20(28)35-25)36(30,31)15-10-16(23)19(17(24)11-15)34-14-4-2-13(22)3-5-14;/h2*2-5,10-11,18H,6-9,12,25H2,1H3;/q;;+2/t2*18-;/m11./s1. The van der Waals surface area contributed by atoms with Crippen molar-refractivity contribution in [3.63, 3.8) is 0 Å². The van der Waals surface area contributed by atoms with Crippen molar-refractivity contribution in [1.82, 2.24) is 18.4 Å². The summed E-state index contributed by atoms with van der Waals surface area (Å²) in [5, 5.41) is 0.747. The first kappa shape index (κ1) is 60.2. The average molecular weight is 1120 g/mol. The fraction of sp³-hybridized carbons (Fsp3) is 0.333. The minimum absolute atomic E-state index is 0. The van der Waals surface area contributed by atoms with Gasteiger partial charge < -0.3 is 47.9 Å². The number of rotatable bonds is 16. The van der Waals surface area contributed by atoms with E-state index in [1.807, 2.05) is 0 Å². The molecule has 22 nitrogen and oxygen atoms in total. The van der Waals surface area contributed by atoms with Gasteiger partial charge in [0.1, 0.15) is 36.8 Å². The molecule has 31 heteroatoms. The maximum atomic E-state index is 14.7. The molecular formula is C42H44Cl2F4MgN6O16S2+2. The van der Waals surface area contributed by atoms with Crippen molar-refractivity contribution in [2.24, 2.45) is 11.8 Å². The molecule has 4 N–H and O–H groups in total. The number of hydrogen-bond acceptors (Lipinski definition) is 18. The van der Waals surface area contributed by atoms with Crippen LogP contribution in [0.3, 0.4) is 0 Å². The Morgan fingerprint density at radius 1 is 0.562 bits per heavy atom. The number of ether oxygens (including phenoxy) is 6. The molecule has 392 valence electrons. The first-order valence-electron chi connectivity index (χ1n) is 20.7. The third-order valence-corrected chi connectivity index (χ3v) is 14.5. The summed E-state index contributed by atoms with van der Waals surface area (Å²) in [6.07, 6.45) is -1.64. The zero-order valence-corrected chi connectivity index (χ0v) is 43.0. The maximum absolute atomic E-state index is 14.7. The molecule has 2 saturated heterocycles. The van der Waals surface area contributed by atoms with Gasteiger partial charge in [0.15, 0.2) is 34.8 Å². The van der Waals surface area contributed by atoms with Crippen molar-refractivity contribution in [3.8, 4) is 23.0 Å². The van der Waals surface area contributed by atoms with E-state index in [-0.39, 0.29) is 74.1 Å². The monoisotopic (exact) mass is 1120 g/mol. The Morgan fingerprint density at radius 3 is 1.16 bits per heavy atom. The zero-order chi connectivity index (χ0) is 52.9. The molecule has 0 saturated carbocycles. The quantitative estimate of drug-likeness (QED) is 0.0689. The summed E-state index contributed by atoms with van der Waals surface area (Å²) in [7, 11) is -6.48. The number of carbonyl (C=O) groups is 4. The molecule has 0 unspecified atom stereocenters. The first-order chi connectivity index (χ1) is 34.2. The number of benzene rings is 4. The van der Waals surface area contributed by atoms with Crippen LogP contribution in [-0.2, 0) is 58.3 Å². The van der Waals surface area contributed by atoms with Crippen LogP contribution in [0.15, 0.2) is 82.6 Å². The summed E-state index contributed by atoms with van der Waals surface area (Å²) in [6, 6.07) is 10.3. The number of piperazine rings is 2. The Balaban J connectivity index is 0.000000312. The second-order valence-electron chi connectivity index (χ2n) is 14.8. The third-order valence-electron chi connectivity index (χ3n) is 10.2. The Morgan fingerprint density at radius 2 is 0.877 bits per heavy atom. The fourth-order valence-electron chi connectivity index (χ4n) is 6.67. The van der Waals surface area contributed by atoms with Crippen LogP contribution in [0.25, 0.3) is 0 Å². The molecule has 2 aliphatic rings. The summed E-state index contributed by atoms with van der Waals surface area (Å²) in [5.74, 6) is 0.772. The number of carbonyl (C=O) groups excluding carboxylic acids is 4. The molecule has 0 aromatic heterocycles. The number of nitrogens with zero attached hydrogens (tertiary/aromatic N) is 4. The van der Waals surface area contributed by atoms with Crippen LogP contribution in [0.4, 0.5) is 27.2 Å². The van der Waals surface area contributed by atoms with E-state index in [4.69, 9.17) is 63.4 Å². The Bertz CT molecular complexity index is 2580. The van der Waals surface area contributed by atoms with E-state index in [1.165, 1.54) is 62.8 Å². The molecule has 6 rings (SSSR count). The van der Waals surface area contributed by atoms with E-state index in [0.717, 1.165) is 9.80 Å². The van der Waals surface area contributed by atoms with Gasteiger partial charge in [-0.05, 0) is 72.8 Å². The van der Waals surface area contributed by atoms with Gasteiger partial charge in [-0.25, -0.2) is 53.6 Å². The molecule has 2 fully saturated rings. The minimum Gasteiger partial charge on any atom is -0.451 e. The van der Waals surface area contributed by atoms with Gasteiger partial charge in [0, 0.05) is 50.4 Å². The molecular weight excluding hydrogens is 1080 g/mol. The van der Waals surface area contributed by atoms with Crippen LogP contribution >= 0.6 is 23.2 Å². The Labute approximate surface area is 440 Å². The van der Waals surface area contributed by atoms with E-state index in [9.17, 15) is 53.6 Å². The first-order valence-corrected chi connectivity index (χ1v) is 24.3. The van der Waals surface area contributed by atoms with Crippen molar-refractivity contribution >= 4 is 90.4 Å². The Kier molecular flexibility index (Phi) is 22.5. The number of amides is 2. The van der Waals surface area contributed by atoms with Crippen molar-refractivity contribution in [3.05, 3.63) is 106 Å². The predicted molar refractivity (Wildman–Crippen MR) is 247 cm³/mol. The smallest absolute Gasteiger partial charge is 0.451 e. The molecule has 4 aromatic rings. The molecule has 2 aliphatic heterocycles. The van der Waals surface area contributed by atoms with Gasteiger partial charge in [0.25, 0.3) is 0 Å². The van der Waals surface area contributed by atoms with E-state index in [2.05, 4.69) is 9.68 Å². The molecule has 2 heterocycles.